The molecule has 2 aromatic rings. The monoisotopic (exact) mass is 267 g/mol. The lowest BCUT2D eigenvalue weighted by molar-refractivity contribution is 0.109. The Morgan fingerprint density at radius 2 is 2.24 bits per heavy atom. The van der Waals surface area contributed by atoms with E-state index in [1.807, 2.05) is 12.3 Å². The molecular weight excluding hydrogens is 258 g/mol. The van der Waals surface area contributed by atoms with Crippen molar-refractivity contribution >= 4 is 22.9 Å². The summed E-state index contributed by atoms with van der Waals surface area (Å²) in [6.07, 6.45) is 0.787. The average Bonchev–Trinajstić information content (AvgIpc) is 2.76. The number of rotatable bonds is 1. The van der Waals surface area contributed by atoms with Crippen LogP contribution in [0.3, 0.4) is 0 Å². The molecule has 0 fully saturated rings. The molecular formula is C11H10ClN3OS. The maximum atomic E-state index is 6.15. The number of hydrogen-bond donors (Lipinski definition) is 0. The third-order valence-electron chi connectivity index (χ3n) is 2.58. The number of fused-ring (bicyclic) bond motifs is 1. The van der Waals surface area contributed by atoms with Gasteiger partial charge in [0.2, 0.25) is 0 Å². The Bertz CT molecular complexity index is 570. The molecule has 0 unspecified atom stereocenters. The summed E-state index contributed by atoms with van der Waals surface area (Å²) < 4.78 is 5.35. The zero-order valence-electron chi connectivity index (χ0n) is 9.23. The Labute approximate surface area is 108 Å². The fourth-order valence-electron chi connectivity index (χ4n) is 1.74. The van der Waals surface area contributed by atoms with Crippen LogP contribution in [0.15, 0.2) is 5.38 Å². The Hall–Kier alpha value is -1.04. The van der Waals surface area contributed by atoms with Gasteiger partial charge in [-0.2, -0.15) is 0 Å². The predicted octanol–water partition coefficient (Wildman–Crippen LogP) is 2.63. The van der Waals surface area contributed by atoms with Crippen LogP contribution >= 0.6 is 22.9 Å². The van der Waals surface area contributed by atoms with Crippen molar-refractivity contribution in [3.63, 3.8) is 0 Å². The molecule has 0 saturated heterocycles. The molecule has 0 bridgehead atoms. The second kappa shape index (κ2) is 4.33. The van der Waals surface area contributed by atoms with Gasteiger partial charge in [-0.15, -0.1) is 11.3 Å². The molecule has 1 aliphatic rings. The molecule has 0 aliphatic carbocycles. The Balaban J connectivity index is 2.10. The molecule has 88 valence electrons. The highest BCUT2D eigenvalue weighted by Gasteiger charge is 2.18. The normalized spacial score (nSPS) is 14.7. The summed E-state index contributed by atoms with van der Waals surface area (Å²) in [6, 6.07) is 0. The zero-order valence-corrected chi connectivity index (χ0v) is 10.8. The molecule has 0 radical (unpaired) electrons. The van der Waals surface area contributed by atoms with Crippen LogP contribution in [0.5, 0.6) is 0 Å². The number of nitrogens with zero attached hydrogens (tertiary/aromatic N) is 3. The maximum absolute atomic E-state index is 6.15. The Morgan fingerprint density at radius 3 is 3.00 bits per heavy atom. The van der Waals surface area contributed by atoms with Gasteiger partial charge in [-0.25, -0.2) is 15.0 Å². The minimum Gasteiger partial charge on any atom is -0.376 e. The molecule has 0 amide bonds. The Kier molecular flexibility index (Phi) is 2.82. The van der Waals surface area contributed by atoms with Crippen molar-refractivity contribution in [1.82, 2.24) is 15.0 Å². The van der Waals surface area contributed by atoms with Gasteiger partial charge in [-0.3, -0.25) is 0 Å². The van der Waals surface area contributed by atoms with Gasteiger partial charge in [-0.1, -0.05) is 11.6 Å². The molecule has 0 N–H and O–H groups in total. The van der Waals surface area contributed by atoms with Gasteiger partial charge in [0.15, 0.2) is 10.8 Å². The van der Waals surface area contributed by atoms with Crippen LogP contribution in [0.4, 0.5) is 0 Å². The zero-order chi connectivity index (χ0) is 11.8. The number of aryl methyl sites for hydroxylation is 1. The first-order valence-electron chi connectivity index (χ1n) is 5.29. The topological polar surface area (TPSA) is 47.9 Å². The Morgan fingerprint density at radius 1 is 1.35 bits per heavy atom. The minimum atomic E-state index is 0.484. The van der Waals surface area contributed by atoms with Crippen LogP contribution in [-0.2, 0) is 17.8 Å². The van der Waals surface area contributed by atoms with E-state index >= 15 is 0 Å². The molecule has 6 heteroatoms. The lowest BCUT2D eigenvalue weighted by atomic mass is 10.1. The molecule has 0 atom stereocenters. The largest absolute Gasteiger partial charge is 0.376 e. The van der Waals surface area contributed by atoms with Crippen LogP contribution in [0.1, 0.15) is 17.0 Å². The maximum Gasteiger partial charge on any atom is 0.190 e. The number of hydrogen-bond acceptors (Lipinski definition) is 5. The molecule has 4 nitrogen and oxygen atoms in total. The lowest BCUT2D eigenvalue weighted by Gasteiger charge is -2.16. The van der Waals surface area contributed by atoms with E-state index in [0.29, 0.717) is 24.2 Å². The molecule has 17 heavy (non-hydrogen) atoms. The molecule has 0 spiro atoms. The van der Waals surface area contributed by atoms with Crippen LogP contribution in [0, 0.1) is 6.92 Å². The van der Waals surface area contributed by atoms with Gasteiger partial charge >= 0.3 is 0 Å². The molecule has 0 aromatic carbocycles. The van der Waals surface area contributed by atoms with E-state index in [1.54, 1.807) is 0 Å². The van der Waals surface area contributed by atoms with Gasteiger partial charge in [0, 0.05) is 23.1 Å². The van der Waals surface area contributed by atoms with E-state index in [2.05, 4.69) is 15.0 Å². The van der Waals surface area contributed by atoms with E-state index in [1.165, 1.54) is 11.3 Å². The van der Waals surface area contributed by atoms with Crippen molar-refractivity contribution in [3.8, 4) is 10.8 Å². The quantitative estimate of drug-likeness (QED) is 0.746. The summed E-state index contributed by atoms with van der Waals surface area (Å²) in [5.74, 6) is 0.619. The van der Waals surface area contributed by atoms with E-state index in [9.17, 15) is 0 Å². The van der Waals surface area contributed by atoms with Gasteiger partial charge in [-0.05, 0) is 6.92 Å². The smallest absolute Gasteiger partial charge is 0.190 e. The molecule has 1 aliphatic heterocycles. The second-order valence-corrected chi connectivity index (χ2v) is 5.08. The standard InChI is InChI=1S/C11H10ClN3OS/c1-6-5-17-11(13-6)10-14-8-2-3-16-4-7(8)9(12)15-10/h5H,2-4H2,1H3. The van der Waals surface area contributed by atoms with Gasteiger partial charge in [0.05, 0.1) is 18.9 Å². The second-order valence-electron chi connectivity index (χ2n) is 3.86. The number of thiazole rings is 1. The van der Waals surface area contributed by atoms with Crippen molar-refractivity contribution < 1.29 is 4.74 Å². The van der Waals surface area contributed by atoms with E-state index in [4.69, 9.17) is 16.3 Å². The molecule has 3 rings (SSSR count). The fourth-order valence-corrected chi connectivity index (χ4v) is 2.72. The molecule has 0 saturated carbocycles. The van der Waals surface area contributed by atoms with Gasteiger partial charge in [0.25, 0.3) is 0 Å². The van der Waals surface area contributed by atoms with Crippen molar-refractivity contribution in [3.05, 3.63) is 27.5 Å². The van der Waals surface area contributed by atoms with Crippen LogP contribution in [0.2, 0.25) is 5.15 Å². The summed E-state index contributed by atoms with van der Waals surface area (Å²) in [5, 5.41) is 3.28. The van der Waals surface area contributed by atoms with E-state index < -0.39 is 0 Å². The van der Waals surface area contributed by atoms with Crippen LogP contribution in [-0.4, -0.2) is 21.6 Å². The minimum absolute atomic E-state index is 0.484. The van der Waals surface area contributed by atoms with Crippen molar-refractivity contribution in [2.24, 2.45) is 0 Å². The molecule has 2 aromatic heterocycles. The van der Waals surface area contributed by atoms with Crippen LogP contribution < -0.4 is 0 Å². The SMILES string of the molecule is Cc1csc(-c2nc(Cl)c3c(n2)CCOC3)n1. The highest BCUT2D eigenvalue weighted by molar-refractivity contribution is 7.13. The van der Waals surface area contributed by atoms with Crippen LogP contribution in [0.25, 0.3) is 10.8 Å². The third-order valence-corrected chi connectivity index (χ3v) is 3.85. The fraction of sp³-hybridized carbons (Fsp3) is 0.364. The lowest BCUT2D eigenvalue weighted by Crippen LogP contribution is -2.14. The number of aromatic nitrogens is 3. The highest BCUT2D eigenvalue weighted by Crippen LogP contribution is 2.27. The van der Waals surface area contributed by atoms with E-state index in [-0.39, 0.29) is 0 Å². The first-order chi connectivity index (χ1) is 8.24. The third kappa shape index (κ3) is 2.06. The van der Waals surface area contributed by atoms with Gasteiger partial charge in [0.1, 0.15) is 5.15 Å². The van der Waals surface area contributed by atoms with Crippen molar-refractivity contribution in [1.29, 1.82) is 0 Å². The first kappa shape index (κ1) is 11.1. The van der Waals surface area contributed by atoms with Crippen molar-refractivity contribution in [2.75, 3.05) is 6.61 Å². The highest BCUT2D eigenvalue weighted by atomic mass is 35.5. The summed E-state index contributed by atoms with van der Waals surface area (Å²) in [4.78, 5) is 13.2. The van der Waals surface area contributed by atoms with E-state index in [0.717, 1.165) is 28.4 Å². The summed E-state index contributed by atoms with van der Waals surface area (Å²) in [7, 11) is 0. The average molecular weight is 268 g/mol. The first-order valence-corrected chi connectivity index (χ1v) is 6.55. The summed E-state index contributed by atoms with van der Waals surface area (Å²) in [5.41, 5.74) is 2.87. The van der Waals surface area contributed by atoms with Crippen molar-refractivity contribution in [2.45, 2.75) is 20.0 Å². The van der Waals surface area contributed by atoms with Gasteiger partial charge < -0.3 is 4.74 Å². The summed E-state index contributed by atoms with van der Waals surface area (Å²) >= 11 is 7.69. The number of halogens is 1. The number of ether oxygens (including phenoxy) is 1. The summed E-state index contributed by atoms with van der Waals surface area (Å²) in [6.45, 7) is 3.15. The predicted molar refractivity (Wildman–Crippen MR) is 66.2 cm³/mol. The molecule has 3 heterocycles.